The molecule has 4 nitrogen and oxygen atoms in total. The lowest BCUT2D eigenvalue weighted by Gasteiger charge is -2.15. The average Bonchev–Trinajstić information content (AvgIpc) is 2.63. The predicted molar refractivity (Wildman–Crippen MR) is 105 cm³/mol. The van der Waals surface area contributed by atoms with Crippen molar-refractivity contribution in [2.75, 3.05) is 23.8 Å². The summed E-state index contributed by atoms with van der Waals surface area (Å²) < 4.78 is 5.54. The molecule has 0 atom stereocenters. The zero-order chi connectivity index (χ0) is 18.1. The Labute approximate surface area is 150 Å². The quantitative estimate of drug-likeness (QED) is 0.698. The number of carbonyl (C=O) groups is 1. The maximum Gasteiger partial charge on any atom is 0.226 e. The first kappa shape index (κ1) is 18.8. The predicted octanol–water partition coefficient (Wildman–Crippen LogP) is 4.65. The van der Waals surface area contributed by atoms with Gasteiger partial charge in [0, 0.05) is 18.7 Å². The van der Waals surface area contributed by atoms with Crippen LogP contribution in [0, 0.1) is 0 Å². The van der Waals surface area contributed by atoms with Gasteiger partial charge in [-0.1, -0.05) is 44.2 Å². The van der Waals surface area contributed by atoms with Crippen molar-refractivity contribution < 1.29 is 9.53 Å². The van der Waals surface area contributed by atoms with Crippen LogP contribution in [0.4, 0.5) is 11.4 Å². The van der Waals surface area contributed by atoms with Crippen LogP contribution in [0.15, 0.2) is 42.5 Å². The van der Waals surface area contributed by atoms with Gasteiger partial charge in [0.25, 0.3) is 0 Å². The highest BCUT2D eigenvalue weighted by molar-refractivity contribution is 5.92. The number of amides is 1. The molecule has 0 saturated heterocycles. The number of rotatable bonds is 9. The Kier molecular flexibility index (Phi) is 7.33. The van der Waals surface area contributed by atoms with Gasteiger partial charge in [-0.05, 0) is 43.0 Å². The van der Waals surface area contributed by atoms with Gasteiger partial charge in [0.05, 0.1) is 12.3 Å². The van der Waals surface area contributed by atoms with Gasteiger partial charge in [0.1, 0.15) is 5.75 Å². The number of hydrogen-bond donors (Lipinski definition) is 2. The molecule has 0 radical (unpaired) electrons. The van der Waals surface area contributed by atoms with E-state index in [1.807, 2.05) is 31.2 Å². The highest BCUT2D eigenvalue weighted by atomic mass is 16.5. The number of carbonyl (C=O) groups excluding carboxylic acids is 1. The van der Waals surface area contributed by atoms with Crippen molar-refractivity contribution in [3.8, 4) is 5.75 Å². The molecule has 0 unspecified atom stereocenters. The molecule has 0 heterocycles. The number of hydrogen-bond acceptors (Lipinski definition) is 3. The van der Waals surface area contributed by atoms with E-state index >= 15 is 0 Å². The fraction of sp³-hybridized carbons (Fsp3) is 0.381. The second-order valence-corrected chi connectivity index (χ2v) is 5.81. The maximum absolute atomic E-state index is 12.3. The third-order valence-corrected chi connectivity index (χ3v) is 4.11. The summed E-state index contributed by atoms with van der Waals surface area (Å²) in [6, 6.07) is 13.9. The molecule has 0 spiro atoms. The summed E-state index contributed by atoms with van der Waals surface area (Å²) in [5.74, 6) is 0.683. The number of ether oxygens (including phenoxy) is 1. The third-order valence-electron chi connectivity index (χ3n) is 4.11. The smallest absolute Gasteiger partial charge is 0.226 e. The van der Waals surface area contributed by atoms with E-state index in [0.717, 1.165) is 18.5 Å². The van der Waals surface area contributed by atoms with E-state index in [0.29, 0.717) is 25.3 Å². The molecule has 0 saturated carbocycles. The fourth-order valence-electron chi connectivity index (χ4n) is 2.83. The lowest BCUT2D eigenvalue weighted by molar-refractivity contribution is -0.116. The van der Waals surface area contributed by atoms with E-state index in [4.69, 9.17) is 4.74 Å². The van der Waals surface area contributed by atoms with Crippen molar-refractivity contribution in [3.63, 3.8) is 0 Å². The molecule has 2 N–H and O–H groups in total. The lowest BCUT2D eigenvalue weighted by atomic mass is 10.0. The Balaban J connectivity index is 1.94. The van der Waals surface area contributed by atoms with E-state index in [1.54, 1.807) is 0 Å². The third kappa shape index (κ3) is 5.24. The van der Waals surface area contributed by atoms with E-state index in [2.05, 4.69) is 42.7 Å². The molecule has 0 fully saturated rings. The molecule has 0 aromatic heterocycles. The van der Waals surface area contributed by atoms with Gasteiger partial charge in [-0.15, -0.1) is 0 Å². The van der Waals surface area contributed by atoms with Crippen LogP contribution in [0.3, 0.4) is 0 Å². The largest absolute Gasteiger partial charge is 0.492 e. The van der Waals surface area contributed by atoms with Crippen molar-refractivity contribution in [3.05, 3.63) is 53.6 Å². The first-order chi connectivity index (χ1) is 12.2. The standard InChI is InChI=1S/C21H28N2O2/c1-4-16-10-9-11-17(5-2)21(16)22-15-14-20(24)23-18-12-7-8-13-19(18)25-6-3/h7-13,22H,4-6,14-15H2,1-3H3,(H,23,24). The minimum absolute atomic E-state index is 0.0216. The summed E-state index contributed by atoms with van der Waals surface area (Å²) in [5, 5.41) is 6.38. The van der Waals surface area contributed by atoms with Crippen molar-refractivity contribution in [2.45, 2.75) is 40.0 Å². The summed E-state index contributed by atoms with van der Waals surface area (Å²) in [4.78, 5) is 12.3. The highest BCUT2D eigenvalue weighted by Crippen LogP contribution is 2.24. The zero-order valence-corrected chi connectivity index (χ0v) is 15.4. The van der Waals surface area contributed by atoms with Crippen molar-refractivity contribution in [1.29, 1.82) is 0 Å². The second-order valence-electron chi connectivity index (χ2n) is 5.81. The van der Waals surface area contributed by atoms with Crippen molar-refractivity contribution in [2.24, 2.45) is 0 Å². The normalized spacial score (nSPS) is 10.4. The number of anilines is 2. The number of aryl methyl sites for hydroxylation is 2. The van der Waals surface area contributed by atoms with Crippen LogP contribution in [-0.2, 0) is 17.6 Å². The van der Waals surface area contributed by atoms with Crippen LogP contribution >= 0.6 is 0 Å². The molecule has 0 aliphatic carbocycles. The molecule has 2 rings (SSSR count). The Morgan fingerprint density at radius 2 is 1.64 bits per heavy atom. The molecule has 134 valence electrons. The van der Waals surface area contributed by atoms with E-state index in [-0.39, 0.29) is 5.91 Å². The van der Waals surface area contributed by atoms with Gasteiger partial charge < -0.3 is 15.4 Å². The summed E-state index contributed by atoms with van der Waals surface area (Å²) in [5.41, 5.74) is 4.48. The maximum atomic E-state index is 12.3. The Hall–Kier alpha value is -2.49. The molecular formula is C21H28N2O2. The SMILES string of the molecule is CCOc1ccccc1NC(=O)CCNc1c(CC)cccc1CC. The molecule has 4 heteroatoms. The second kappa shape index (κ2) is 9.72. The zero-order valence-electron chi connectivity index (χ0n) is 15.4. The van der Waals surface area contributed by atoms with Gasteiger partial charge >= 0.3 is 0 Å². The Morgan fingerprint density at radius 3 is 2.28 bits per heavy atom. The summed E-state index contributed by atoms with van der Waals surface area (Å²) in [6.45, 7) is 7.41. The van der Waals surface area contributed by atoms with Gasteiger partial charge in [-0.25, -0.2) is 0 Å². The molecule has 0 aliphatic rings. The van der Waals surface area contributed by atoms with Gasteiger partial charge in [0.2, 0.25) is 5.91 Å². The molecule has 2 aromatic rings. The topological polar surface area (TPSA) is 50.4 Å². The van der Waals surface area contributed by atoms with E-state index in [1.165, 1.54) is 16.8 Å². The van der Waals surface area contributed by atoms with Crippen LogP contribution in [0.1, 0.15) is 38.3 Å². The summed E-state index contributed by atoms with van der Waals surface area (Å²) >= 11 is 0. The van der Waals surface area contributed by atoms with Gasteiger partial charge in [-0.3, -0.25) is 4.79 Å². The molecule has 1 amide bonds. The minimum Gasteiger partial charge on any atom is -0.492 e. The average molecular weight is 340 g/mol. The Bertz CT molecular complexity index is 676. The first-order valence-corrected chi connectivity index (χ1v) is 9.05. The summed E-state index contributed by atoms with van der Waals surface area (Å²) in [7, 11) is 0. The molecular weight excluding hydrogens is 312 g/mol. The van der Waals surface area contributed by atoms with Crippen LogP contribution in [0.2, 0.25) is 0 Å². The van der Waals surface area contributed by atoms with Crippen molar-refractivity contribution in [1.82, 2.24) is 0 Å². The fourth-order valence-corrected chi connectivity index (χ4v) is 2.83. The first-order valence-electron chi connectivity index (χ1n) is 9.05. The lowest BCUT2D eigenvalue weighted by Crippen LogP contribution is -2.17. The molecule has 0 bridgehead atoms. The molecule has 0 aliphatic heterocycles. The summed E-state index contributed by atoms with van der Waals surface area (Å²) in [6.07, 6.45) is 2.36. The van der Waals surface area contributed by atoms with Crippen LogP contribution in [0.5, 0.6) is 5.75 Å². The molecule has 2 aromatic carbocycles. The minimum atomic E-state index is -0.0216. The van der Waals surface area contributed by atoms with Gasteiger partial charge in [0.15, 0.2) is 0 Å². The van der Waals surface area contributed by atoms with E-state index < -0.39 is 0 Å². The van der Waals surface area contributed by atoms with Crippen LogP contribution < -0.4 is 15.4 Å². The van der Waals surface area contributed by atoms with Crippen LogP contribution in [0.25, 0.3) is 0 Å². The molecule has 25 heavy (non-hydrogen) atoms. The van der Waals surface area contributed by atoms with Crippen LogP contribution in [-0.4, -0.2) is 19.1 Å². The highest BCUT2D eigenvalue weighted by Gasteiger charge is 2.09. The van der Waals surface area contributed by atoms with E-state index in [9.17, 15) is 4.79 Å². The monoisotopic (exact) mass is 340 g/mol. The number of benzene rings is 2. The number of nitrogens with one attached hydrogen (secondary N) is 2. The number of para-hydroxylation sites is 3. The van der Waals surface area contributed by atoms with Gasteiger partial charge in [-0.2, -0.15) is 0 Å². The van der Waals surface area contributed by atoms with Crippen molar-refractivity contribution >= 4 is 17.3 Å². The Morgan fingerprint density at radius 1 is 0.960 bits per heavy atom.